The van der Waals surface area contributed by atoms with Gasteiger partial charge in [-0.05, 0) is 0 Å². The van der Waals surface area contributed by atoms with E-state index in [9.17, 15) is 62.7 Å². The van der Waals surface area contributed by atoms with Crippen molar-refractivity contribution in [2.24, 2.45) is 11.3 Å². The van der Waals surface area contributed by atoms with Crippen LogP contribution in [0.15, 0.2) is 12.7 Å². The lowest BCUT2D eigenvalue weighted by Gasteiger charge is -2.30. The van der Waals surface area contributed by atoms with Gasteiger partial charge in [-0.25, -0.2) is 28.6 Å². The molecule has 57 heavy (non-hydrogen) atoms. The van der Waals surface area contributed by atoms with Crippen LogP contribution < -0.4 is 16.4 Å². The van der Waals surface area contributed by atoms with Crippen molar-refractivity contribution in [1.29, 1.82) is 0 Å². The SMILES string of the molecule is C#CCC(C(=O)O)C(=O)SCCNC(=O)CCNC(=O)[C@H](O)C(C)(C)COP(=O)(O)OP(=O)(O)OC[C@H]1O[C@@H](n2cnc3c(N)ncnc32)[C@H](O)[C@@H]1OP(=O)(O)O. The van der Waals surface area contributed by atoms with Crippen molar-refractivity contribution in [2.45, 2.75) is 57.3 Å². The summed E-state index contributed by atoms with van der Waals surface area (Å²) in [5.41, 5.74) is 4.17. The molecule has 1 aliphatic heterocycles. The van der Waals surface area contributed by atoms with E-state index in [2.05, 4.69) is 40.3 Å². The third-order valence-electron chi connectivity index (χ3n) is 7.65. The predicted octanol–water partition coefficient (Wildman–Crippen LogP) is -1.61. The van der Waals surface area contributed by atoms with Gasteiger partial charge in [0, 0.05) is 37.1 Å². The van der Waals surface area contributed by atoms with Crippen LogP contribution in [0.5, 0.6) is 0 Å². The molecular formula is C27H40N7O19P3S. The number of carbonyl (C=O) groups excluding carboxylic acids is 3. The van der Waals surface area contributed by atoms with Crippen LogP contribution in [0.25, 0.3) is 11.2 Å². The number of hydrogen-bond donors (Lipinski definition) is 10. The molecule has 3 rings (SSSR count). The number of carbonyl (C=O) groups is 4. The standard InChI is InChI=1S/C27H40N7O19P3S/c1-4-5-14(25(39)40)26(41)57-9-8-29-16(35)6-7-30-23(38)20(37)27(2,3)11-50-56(47,48)53-55(45,46)49-10-15-19(52-54(42,43)44)18(36)24(51-15)34-13-33-17-21(28)31-12-32-22(17)34/h1,12-15,18-20,24,36-37H,5-11H2,2-3H3,(H,29,35)(H,30,38)(H,39,40)(H,45,46)(H,47,48)(H2,28,31,32)(H2,42,43,44)/t14?,15-,18-,19-,20+,24-/m1/s1. The minimum Gasteiger partial charge on any atom is -0.481 e. The second-order valence-electron chi connectivity index (χ2n) is 12.5. The summed E-state index contributed by atoms with van der Waals surface area (Å²) in [6.45, 7) is 0.0258. The molecule has 0 spiro atoms. The first-order valence-electron chi connectivity index (χ1n) is 16.1. The van der Waals surface area contributed by atoms with Gasteiger partial charge in [0.1, 0.15) is 42.2 Å². The number of terminal acetylenes is 1. The molecule has 3 heterocycles. The number of anilines is 1. The van der Waals surface area contributed by atoms with E-state index in [0.29, 0.717) is 11.8 Å². The minimum atomic E-state index is -5.60. The third-order valence-corrected chi connectivity index (χ3v) is 11.7. The molecule has 30 heteroatoms. The smallest absolute Gasteiger partial charge is 0.481 e. The molecule has 2 aromatic heterocycles. The molecule has 11 N–H and O–H groups in total. The van der Waals surface area contributed by atoms with Crippen LogP contribution >= 0.6 is 35.2 Å². The maximum Gasteiger partial charge on any atom is 0.481 e. The Hall–Kier alpha value is -3.41. The number of nitrogens with two attached hydrogens (primary N) is 1. The number of ether oxygens (including phenoxy) is 1. The summed E-state index contributed by atoms with van der Waals surface area (Å²) in [6, 6.07) is 0. The number of carboxylic acid groups (broad SMARTS) is 1. The van der Waals surface area contributed by atoms with Crippen molar-refractivity contribution < 1.29 is 90.4 Å². The molecule has 0 saturated carbocycles. The van der Waals surface area contributed by atoms with Crippen molar-refractivity contribution in [3.05, 3.63) is 12.7 Å². The Bertz CT molecular complexity index is 1970. The first-order valence-corrected chi connectivity index (χ1v) is 21.6. The van der Waals surface area contributed by atoms with E-state index < -0.39 is 102 Å². The Morgan fingerprint density at radius 1 is 1.09 bits per heavy atom. The molecule has 3 unspecified atom stereocenters. The summed E-state index contributed by atoms with van der Waals surface area (Å²) < 4.78 is 61.9. The number of rotatable bonds is 22. The average Bonchev–Trinajstić information content (AvgIpc) is 3.66. The van der Waals surface area contributed by atoms with Gasteiger partial charge in [0.25, 0.3) is 0 Å². The molecule has 26 nitrogen and oxygen atoms in total. The number of aliphatic hydroxyl groups is 2. The first-order chi connectivity index (χ1) is 26.4. The molecule has 2 aromatic rings. The normalized spacial score (nSPS) is 21.8. The Morgan fingerprint density at radius 3 is 2.39 bits per heavy atom. The molecule has 0 aliphatic carbocycles. The van der Waals surface area contributed by atoms with Gasteiger partial charge in [-0.1, -0.05) is 25.6 Å². The zero-order chi connectivity index (χ0) is 42.9. The second kappa shape index (κ2) is 20.0. The summed E-state index contributed by atoms with van der Waals surface area (Å²) in [7, 11) is -16.5. The number of aromatic nitrogens is 4. The molecular weight excluding hydrogens is 851 g/mol. The predicted molar refractivity (Wildman–Crippen MR) is 192 cm³/mol. The van der Waals surface area contributed by atoms with Crippen molar-refractivity contribution >= 4 is 75.1 Å². The van der Waals surface area contributed by atoms with E-state index in [0.717, 1.165) is 17.2 Å². The molecule has 1 saturated heterocycles. The van der Waals surface area contributed by atoms with E-state index in [1.54, 1.807) is 0 Å². The summed E-state index contributed by atoms with van der Waals surface area (Å²) in [5.74, 6) is -2.27. The van der Waals surface area contributed by atoms with Crippen molar-refractivity contribution in [3.8, 4) is 12.3 Å². The van der Waals surface area contributed by atoms with Crippen molar-refractivity contribution in [3.63, 3.8) is 0 Å². The quantitative estimate of drug-likeness (QED) is 0.0275. The lowest BCUT2D eigenvalue weighted by molar-refractivity contribution is -0.144. The maximum absolute atomic E-state index is 12.7. The van der Waals surface area contributed by atoms with Gasteiger partial charge < -0.3 is 56.0 Å². The van der Waals surface area contributed by atoms with Crippen LogP contribution in [0.2, 0.25) is 0 Å². The number of phosphoric acid groups is 3. The number of nitrogens with zero attached hydrogens (tertiary/aromatic N) is 4. The third kappa shape index (κ3) is 14.1. The summed E-state index contributed by atoms with van der Waals surface area (Å²) in [5, 5.41) is 34.5. The molecule has 1 fully saturated rings. The van der Waals surface area contributed by atoms with Gasteiger partial charge in [0.05, 0.1) is 19.5 Å². The highest BCUT2D eigenvalue weighted by molar-refractivity contribution is 8.13. The molecule has 318 valence electrons. The lowest BCUT2D eigenvalue weighted by atomic mass is 9.87. The number of imidazole rings is 1. The van der Waals surface area contributed by atoms with Gasteiger partial charge in [0.15, 0.2) is 17.7 Å². The van der Waals surface area contributed by atoms with Gasteiger partial charge in [0.2, 0.25) is 16.9 Å². The lowest BCUT2D eigenvalue weighted by Crippen LogP contribution is -2.46. The number of nitrogens with one attached hydrogen (secondary N) is 2. The molecule has 0 radical (unpaired) electrons. The van der Waals surface area contributed by atoms with Gasteiger partial charge in [-0.15, -0.1) is 12.3 Å². The number of nitrogen functional groups attached to an aromatic ring is 1. The van der Waals surface area contributed by atoms with E-state index >= 15 is 0 Å². The van der Waals surface area contributed by atoms with Crippen molar-refractivity contribution in [1.82, 2.24) is 30.2 Å². The highest BCUT2D eigenvalue weighted by atomic mass is 32.2. The number of amides is 2. The zero-order valence-corrected chi connectivity index (χ0v) is 33.3. The maximum atomic E-state index is 12.7. The van der Waals surface area contributed by atoms with E-state index in [1.165, 1.54) is 13.8 Å². The number of carboxylic acids is 1. The first kappa shape index (κ1) is 48.0. The van der Waals surface area contributed by atoms with E-state index in [1.807, 2.05) is 0 Å². The average molecular weight is 892 g/mol. The van der Waals surface area contributed by atoms with Crippen molar-refractivity contribution in [2.75, 3.05) is 37.8 Å². The second-order valence-corrected chi connectivity index (χ2v) is 17.9. The number of hydrogen-bond acceptors (Lipinski definition) is 19. The van der Waals surface area contributed by atoms with Gasteiger partial charge >= 0.3 is 29.4 Å². The molecule has 0 aromatic carbocycles. The number of thioether (sulfide) groups is 1. The monoisotopic (exact) mass is 891 g/mol. The number of phosphoric ester groups is 3. The van der Waals surface area contributed by atoms with Gasteiger partial charge in [-0.2, -0.15) is 4.31 Å². The Kier molecular flexibility index (Phi) is 16.9. The van der Waals surface area contributed by atoms with Crippen LogP contribution in [0, 0.1) is 23.7 Å². The number of aliphatic hydroxyl groups excluding tert-OH is 2. The van der Waals surface area contributed by atoms with Crippen LogP contribution in [0.3, 0.4) is 0 Å². The molecule has 1 aliphatic rings. The fraction of sp³-hybridized carbons (Fsp3) is 0.593. The largest absolute Gasteiger partial charge is 0.481 e. The Labute approximate surface area is 326 Å². The highest BCUT2D eigenvalue weighted by Gasteiger charge is 2.50. The van der Waals surface area contributed by atoms with Crippen LogP contribution in [0.1, 0.15) is 32.9 Å². The molecule has 0 bridgehead atoms. The van der Waals surface area contributed by atoms with E-state index in [4.69, 9.17) is 31.0 Å². The Balaban J connectivity index is 1.49. The number of aliphatic carboxylic acids is 1. The fourth-order valence-corrected chi connectivity index (χ4v) is 8.39. The molecule has 2 amide bonds. The summed E-state index contributed by atoms with van der Waals surface area (Å²) in [4.78, 5) is 98.5. The van der Waals surface area contributed by atoms with Gasteiger partial charge in [-0.3, -0.25) is 37.3 Å². The van der Waals surface area contributed by atoms with Crippen LogP contribution in [-0.4, -0.2) is 134 Å². The van der Waals surface area contributed by atoms with Crippen LogP contribution in [0.4, 0.5) is 5.82 Å². The zero-order valence-electron chi connectivity index (χ0n) is 29.8. The summed E-state index contributed by atoms with van der Waals surface area (Å²) in [6.07, 6.45) is -2.41. The minimum absolute atomic E-state index is 0.0149. The Morgan fingerprint density at radius 2 is 1.75 bits per heavy atom. The summed E-state index contributed by atoms with van der Waals surface area (Å²) >= 11 is 0.670. The fourth-order valence-electron chi connectivity index (χ4n) is 4.77. The highest BCUT2D eigenvalue weighted by Crippen LogP contribution is 2.61. The number of fused-ring (bicyclic) bond motifs is 1. The van der Waals surface area contributed by atoms with E-state index in [-0.39, 0.29) is 48.7 Å². The van der Waals surface area contributed by atoms with Crippen LogP contribution in [-0.2, 0) is 55.5 Å². The molecule has 8 atom stereocenters. The topological polar surface area (TPSA) is 401 Å².